The predicted octanol–water partition coefficient (Wildman–Crippen LogP) is 2.02. The van der Waals surface area contributed by atoms with Crippen LogP contribution in [0.25, 0.3) is 0 Å². The Morgan fingerprint density at radius 2 is 1.82 bits per heavy atom. The minimum absolute atomic E-state index is 0.0923. The molecule has 122 valence electrons. The van der Waals surface area contributed by atoms with E-state index in [-0.39, 0.29) is 5.75 Å². The Hall–Kier alpha value is -1.11. The molecule has 0 amide bonds. The Morgan fingerprint density at radius 1 is 1.23 bits per heavy atom. The maximum atomic E-state index is 11.6. The number of carboxylic acids is 1. The number of benzene rings is 1. The van der Waals surface area contributed by atoms with Gasteiger partial charge >= 0.3 is 5.97 Å². The van der Waals surface area contributed by atoms with Gasteiger partial charge in [0, 0.05) is 11.6 Å². The zero-order chi connectivity index (χ0) is 16.2. The molecule has 1 aromatic rings. The molecular weight excluding hydrogens is 326 g/mol. The lowest BCUT2D eigenvalue weighted by Gasteiger charge is -2.32. The first-order valence-corrected chi connectivity index (χ1v) is 9.46. The number of sulfone groups is 1. The molecule has 1 aromatic carbocycles. The molecule has 1 N–H and O–H groups in total. The zero-order valence-corrected chi connectivity index (χ0v) is 13.8. The summed E-state index contributed by atoms with van der Waals surface area (Å²) < 4.78 is 23.2. The topological polar surface area (TPSA) is 74.7 Å². The van der Waals surface area contributed by atoms with Crippen molar-refractivity contribution in [3.8, 4) is 0 Å². The van der Waals surface area contributed by atoms with Gasteiger partial charge in [0.05, 0.1) is 5.75 Å². The fourth-order valence-corrected chi connectivity index (χ4v) is 3.94. The number of halogens is 1. The summed E-state index contributed by atoms with van der Waals surface area (Å²) in [6.45, 7) is 2.06. The molecule has 7 heteroatoms. The van der Waals surface area contributed by atoms with Crippen LogP contribution in [0.2, 0.25) is 5.02 Å². The lowest BCUT2D eigenvalue weighted by Crippen LogP contribution is -2.37. The van der Waals surface area contributed by atoms with Crippen LogP contribution in [-0.2, 0) is 14.6 Å². The first-order chi connectivity index (χ1) is 10.4. The van der Waals surface area contributed by atoms with E-state index in [0.717, 1.165) is 31.0 Å². The lowest BCUT2D eigenvalue weighted by molar-refractivity contribution is -0.134. The lowest BCUT2D eigenvalue weighted by atomic mass is 9.89. The molecule has 0 spiro atoms. The number of hydrogen-bond acceptors (Lipinski definition) is 4. The van der Waals surface area contributed by atoms with Crippen LogP contribution in [0.15, 0.2) is 24.3 Å². The average Bonchev–Trinajstić information content (AvgIpc) is 2.45. The van der Waals surface area contributed by atoms with Crippen molar-refractivity contribution in [1.29, 1.82) is 0 Å². The predicted molar refractivity (Wildman–Crippen MR) is 86.2 cm³/mol. The van der Waals surface area contributed by atoms with Gasteiger partial charge in [-0.3, -0.25) is 4.79 Å². The number of carbonyl (C=O) groups is 1. The van der Waals surface area contributed by atoms with Crippen LogP contribution >= 0.6 is 11.6 Å². The zero-order valence-electron chi connectivity index (χ0n) is 12.2. The minimum atomic E-state index is -3.51. The highest BCUT2D eigenvalue weighted by atomic mass is 35.5. The average molecular weight is 346 g/mol. The molecule has 0 atom stereocenters. The molecular formula is C15H20ClNO4S. The van der Waals surface area contributed by atoms with Gasteiger partial charge in [-0.15, -0.1) is 0 Å². The summed E-state index contributed by atoms with van der Waals surface area (Å²) in [5.41, 5.74) is 1.27. The highest BCUT2D eigenvalue weighted by Crippen LogP contribution is 2.28. The largest absolute Gasteiger partial charge is 0.480 e. The first-order valence-electron chi connectivity index (χ1n) is 7.26. The van der Waals surface area contributed by atoms with Crippen LogP contribution in [0.4, 0.5) is 0 Å². The van der Waals surface area contributed by atoms with Gasteiger partial charge in [-0.1, -0.05) is 23.7 Å². The number of likely N-dealkylation sites (tertiary alicyclic amines) is 1. The van der Waals surface area contributed by atoms with Crippen LogP contribution in [0.3, 0.4) is 0 Å². The number of carboxylic acid groups (broad SMARTS) is 1. The third kappa shape index (κ3) is 5.26. The number of rotatable bonds is 6. The third-order valence-corrected chi connectivity index (χ3v) is 5.73. The summed E-state index contributed by atoms with van der Waals surface area (Å²) in [7, 11) is -3.51. The Kier molecular flexibility index (Phi) is 5.83. The molecule has 1 aliphatic heterocycles. The fourth-order valence-electron chi connectivity index (χ4n) is 2.75. The molecule has 1 heterocycles. The van der Waals surface area contributed by atoms with Gasteiger partial charge in [0.25, 0.3) is 0 Å². The minimum Gasteiger partial charge on any atom is -0.480 e. The van der Waals surface area contributed by atoms with Crippen molar-refractivity contribution in [1.82, 2.24) is 4.90 Å². The molecule has 0 saturated carbocycles. The van der Waals surface area contributed by atoms with Crippen LogP contribution in [-0.4, -0.2) is 55.5 Å². The van der Waals surface area contributed by atoms with Gasteiger partial charge in [0.2, 0.25) is 0 Å². The van der Waals surface area contributed by atoms with Gasteiger partial charge in [-0.05, 0) is 49.5 Å². The van der Waals surface area contributed by atoms with E-state index in [1.165, 1.54) is 5.56 Å². The molecule has 0 aromatic heterocycles. The van der Waals surface area contributed by atoms with Crippen LogP contribution < -0.4 is 0 Å². The normalized spacial score (nSPS) is 17.5. The molecule has 22 heavy (non-hydrogen) atoms. The quantitative estimate of drug-likeness (QED) is 0.853. The summed E-state index contributed by atoms with van der Waals surface area (Å²) in [4.78, 5) is 12.6. The number of nitrogens with zero attached hydrogens (tertiary/aromatic N) is 1. The van der Waals surface area contributed by atoms with Gasteiger partial charge in [0.1, 0.15) is 5.75 Å². The van der Waals surface area contributed by atoms with E-state index in [9.17, 15) is 13.2 Å². The Morgan fingerprint density at radius 3 is 2.36 bits per heavy atom. The number of hydrogen-bond donors (Lipinski definition) is 1. The van der Waals surface area contributed by atoms with Crippen LogP contribution in [0, 0.1) is 0 Å². The summed E-state index contributed by atoms with van der Waals surface area (Å²) in [6, 6.07) is 7.86. The number of piperidine rings is 1. The highest BCUT2D eigenvalue weighted by Gasteiger charge is 2.23. The molecule has 0 bridgehead atoms. The first kappa shape index (κ1) is 17.2. The maximum absolute atomic E-state index is 11.6. The van der Waals surface area contributed by atoms with E-state index in [4.69, 9.17) is 16.7 Å². The van der Waals surface area contributed by atoms with Crippen molar-refractivity contribution in [2.24, 2.45) is 0 Å². The standard InChI is InChI=1S/C15H20ClNO4S/c16-14-3-1-12(2-4-14)13-5-7-17(8-6-13)9-10-22(20,21)11-15(18)19/h1-4,13H,5-11H2,(H,18,19). The SMILES string of the molecule is O=C(O)CS(=O)(=O)CCN1CCC(c2ccc(Cl)cc2)CC1. The van der Waals surface area contributed by atoms with Crippen LogP contribution in [0.1, 0.15) is 24.3 Å². The van der Waals surface area contributed by atoms with Gasteiger partial charge < -0.3 is 10.0 Å². The summed E-state index contributed by atoms with van der Waals surface area (Å²) in [6.07, 6.45) is 1.95. The molecule has 1 fully saturated rings. The third-order valence-electron chi connectivity index (χ3n) is 3.99. The molecule has 0 unspecified atom stereocenters. The van der Waals surface area contributed by atoms with Crippen molar-refractivity contribution >= 4 is 27.4 Å². The molecule has 1 aliphatic rings. The molecule has 5 nitrogen and oxygen atoms in total. The molecule has 1 saturated heterocycles. The number of aliphatic carboxylic acids is 1. The van der Waals surface area contributed by atoms with E-state index in [1.54, 1.807) is 0 Å². The molecule has 0 radical (unpaired) electrons. The van der Waals surface area contributed by atoms with E-state index in [2.05, 4.69) is 4.90 Å². The van der Waals surface area contributed by atoms with Crippen LogP contribution in [0.5, 0.6) is 0 Å². The van der Waals surface area contributed by atoms with E-state index in [0.29, 0.717) is 12.5 Å². The Bertz CT molecular complexity index is 607. The monoisotopic (exact) mass is 345 g/mol. The van der Waals surface area contributed by atoms with Crippen molar-refractivity contribution in [2.45, 2.75) is 18.8 Å². The van der Waals surface area contributed by atoms with E-state index < -0.39 is 21.6 Å². The molecule has 2 rings (SSSR count). The van der Waals surface area contributed by atoms with Crippen molar-refractivity contribution < 1.29 is 18.3 Å². The second-order valence-electron chi connectivity index (χ2n) is 5.65. The summed E-state index contributed by atoms with van der Waals surface area (Å²) >= 11 is 5.89. The Balaban J connectivity index is 1.80. The summed E-state index contributed by atoms with van der Waals surface area (Å²) in [5.74, 6) is -1.69. The van der Waals surface area contributed by atoms with Crippen molar-refractivity contribution in [2.75, 3.05) is 31.1 Å². The highest BCUT2D eigenvalue weighted by molar-refractivity contribution is 7.92. The van der Waals surface area contributed by atoms with Gasteiger partial charge in [0.15, 0.2) is 9.84 Å². The van der Waals surface area contributed by atoms with Crippen molar-refractivity contribution in [3.63, 3.8) is 0 Å². The Labute approximate surface area is 135 Å². The smallest absolute Gasteiger partial charge is 0.318 e. The van der Waals surface area contributed by atoms with Crippen molar-refractivity contribution in [3.05, 3.63) is 34.9 Å². The van der Waals surface area contributed by atoms with Gasteiger partial charge in [-0.25, -0.2) is 8.42 Å². The second kappa shape index (κ2) is 7.44. The summed E-state index contributed by atoms with van der Waals surface area (Å²) in [5, 5.41) is 9.29. The molecule has 0 aliphatic carbocycles. The van der Waals surface area contributed by atoms with E-state index in [1.807, 2.05) is 24.3 Å². The van der Waals surface area contributed by atoms with E-state index >= 15 is 0 Å². The second-order valence-corrected chi connectivity index (χ2v) is 8.27. The van der Waals surface area contributed by atoms with Gasteiger partial charge in [-0.2, -0.15) is 0 Å². The fraction of sp³-hybridized carbons (Fsp3) is 0.533. The maximum Gasteiger partial charge on any atom is 0.318 e.